The van der Waals surface area contributed by atoms with Crippen LogP contribution in [0.2, 0.25) is 0 Å². The van der Waals surface area contributed by atoms with E-state index < -0.39 is 12.5 Å². The Morgan fingerprint density at radius 2 is 1.28 bits per heavy atom. The molecule has 0 aromatic carbocycles. The molecule has 0 aliphatic rings. The van der Waals surface area contributed by atoms with E-state index in [1.54, 1.807) is 0 Å². The minimum absolute atomic E-state index is 0.307. The van der Waals surface area contributed by atoms with Gasteiger partial charge in [-0.2, -0.15) is 0 Å². The molecule has 1 atom stereocenters. The molecular formula is C20H39NO4. The molecule has 1 amide bonds. The van der Waals surface area contributed by atoms with Crippen LogP contribution >= 0.6 is 0 Å². The van der Waals surface area contributed by atoms with Gasteiger partial charge in [0, 0.05) is 6.42 Å². The van der Waals surface area contributed by atoms with Gasteiger partial charge < -0.3 is 20.6 Å². The minimum atomic E-state index is -1.93. The molecule has 0 aliphatic carbocycles. The fraction of sp³-hybridized carbons (Fsp3) is 0.850. The number of hydrogen-bond donors (Lipinski definition) is 4. The van der Waals surface area contributed by atoms with Crippen molar-refractivity contribution in [2.24, 2.45) is 0 Å². The molecule has 5 heteroatoms. The largest absolute Gasteiger partial charge is 0.369 e. The second-order valence-electron chi connectivity index (χ2n) is 6.76. The molecule has 0 saturated heterocycles. The summed E-state index contributed by atoms with van der Waals surface area (Å²) in [5, 5.41) is 28.5. The summed E-state index contributed by atoms with van der Waals surface area (Å²) in [5.74, 6) is -0.349. The molecule has 0 rings (SSSR count). The van der Waals surface area contributed by atoms with Crippen LogP contribution in [0.5, 0.6) is 0 Å². The summed E-state index contributed by atoms with van der Waals surface area (Å²) in [6.45, 7) is 2.25. The number of rotatable bonds is 17. The number of amides is 1. The lowest BCUT2D eigenvalue weighted by atomic mass is 10.1. The van der Waals surface area contributed by atoms with Gasteiger partial charge in [0.25, 0.3) is 0 Å². The molecule has 25 heavy (non-hydrogen) atoms. The molecule has 0 saturated carbocycles. The average Bonchev–Trinajstić information content (AvgIpc) is 2.58. The van der Waals surface area contributed by atoms with Crippen molar-refractivity contribution in [3.05, 3.63) is 12.2 Å². The van der Waals surface area contributed by atoms with E-state index in [0.717, 1.165) is 25.7 Å². The molecular weight excluding hydrogens is 318 g/mol. The first-order chi connectivity index (χ1) is 12.1. The van der Waals surface area contributed by atoms with Crippen molar-refractivity contribution < 1.29 is 20.1 Å². The lowest BCUT2D eigenvalue weighted by Gasteiger charge is -2.14. The topological polar surface area (TPSA) is 89.8 Å². The molecule has 0 aliphatic heterocycles. The molecule has 0 aromatic rings. The van der Waals surface area contributed by atoms with E-state index in [-0.39, 0.29) is 5.91 Å². The minimum Gasteiger partial charge on any atom is -0.369 e. The van der Waals surface area contributed by atoms with Gasteiger partial charge in [0.2, 0.25) is 5.91 Å². The number of carbonyl (C=O) groups is 1. The van der Waals surface area contributed by atoms with Crippen LogP contribution in [0.1, 0.15) is 96.8 Å². The van der Waals surface area contributed by atoms with Gasteiger partial charge in [-0.3, -0.25) is 4.79 Å². The zero-order valence-corrected chi connectivity index (χ0v) is 16.0. The summed E-state index contributed by atoms with van der Waals surface area (Å²) in [6.07, 6.45) is 17.0. The van der Waals surface area contributed by atoms with Crippen LogP contribution in [0.3, 0.4) is 0 Å². The third kappa shape index (κ3) is 17.7. The Morgan fingerprint density at radius 1 is 0.800 bits per heavy atom. The maximum atomic E-state index is 11.4. The first kappa shape index (κ1) is 24.1. The summed E-state index contributed by atoms with van der Waals surface area (Å²) in [4.78, 5) is 11.4. The monoisotopic (exact) mass is 357 g/mol. The van der Waals surface area contributed by atoms with Gasteiger partial charge in [-0.25, -0.2) is 0 Å². The van der Waals surface area contributed by atoms with Crippen molar-refractivity contribution in [3.8, 4) is 0 Å². The van der Waals surface area contributed by atoms with E-state index in [4.69, 9.17) is 15.3 Å². The average molecular weight is 358 g/mol. The van der Waals surface area contributed by atoms with Crippen LogP contribution in [0.25, 0.3) is 0 Å². The molecule has 1 unspecified atom stereocenters. The van der Waals surface area contributed by atoms with Crippen molar-refractivity contribution in [2.75, 3.05) is 0 Å². The van der Waals surface area contributed by atoms with Crippen LogP contribution in [0, 0.1) is 0 Å². The molecule has 0 aromatic heterocycles. The van der Waals surface area contributed by atoms with Crippen molar-refractivity contribution in [2.45, 2.75) is 109 Å². The lowest BCUT2D eigenvalue weighted by Crippen LogP contribution is -2.42. The molecule has 0 radical (unpaired) electrons. The highest BCUT2D eigenvalue weighted by Crippen LogP contribution is 2.10. The fourth-order valence-electron chi connectivity index (χ4n) is 2.67. The Bertz CT molecular complexity index is 332. The molecule has 4 N–H and O–H groups in total. The fourth-order valence-corrected chi connectivity index (χ4v) is 2.67. The first-order valence-electron chi connectivity index (χ1n) is 10.1. The Balaban J connectivity index is 3.28. The molecule has 0 bridgehead atoms. The van der Waals surface area contributed by atoms with Gasteiger partial charge in [-0.05, 0) is 32.1 Å². The molecule has 5 nitrogen and oxygen atoms in total. The van der Waals surface area contributed by atoms with Gasteiger partial charge in [0.05, 0.1) is 0 Å². The van der Waals surface area contributed by atoms with Gasteiger partial charge in [0.15, 0.2) is 12.5 Å². The smallest absolute Gasteiger partial charge is 0.222 e. The number of aliphatic hydroxyl groups excluding tert-OH is 2. The van der Waals surface area contributed by atoms with E-state index in [1.807, 2.05) is 0 Å². The first-order valence-corrected chi connectivity index (χ1v) is 10.1. The summed E-state index contributed by atoms with van der Waals surface area (Å²) in [7, 11) is 0. The predicted molar refractivity (Wildman–Crippen MR) is 102 cm³/mol. The van der Waals surface area contributed by atoms with E-state index in [0.29, 0.717) is 6.42 Å². The number of carbonyl (C=O) groups excluding carboxylic acids is 1. The van der Waals surface area contributed by atoms with Crippen molar-refractivity contribution in [1.82, 2.24) is 5.32 Å². The Kier molecular flexibility index (Phi) is 17.2. The van der Waals surface area contributed by atoms with Gasteiger partial charge >= 0.3 is 0 Å². The number of hydrogen-bond acceptors (Lipinski definition) is 4. The third-order valence-corrected chi connectivity index (χ3v) is 4.26. The van der Waals surface area contributed by atoms with E-state index in [1.165, 1.54) is 57.8 Å². The lowest BCUT2D eigenvalue weighted by molar-refractivity contribution is -0.148. The van der Waals surface area contributed by atoms with E-state index in [9.17, 15) is 4.79 Å². The Morgan fingerprint density at radius 3 is 1.80 bits per heavy atom. The van der Waals surface area contributed by atoms with Crippen LogP contribution in [-0.4, -0.2) is 33.7 Å². The Hall–Kier alpha value is -0.910. The number of aliphatic hydroxyl groups is 3. The molecule has 0 spiro atoms. The van der Waals surface area contributed by atoms with Gasteiger partial charge in [-0.15, -0.1) is 0 Å². The maximum absolute atomic E-state index is 11.4. The molecule has 148 valence electrons. The summed E-state index contributed by atoms with van der Waals surface area (Å²) >= 11 is 0. The summed E-state index contributed by atoms with van der Waals surface area (Å²) < 4.78 is 0. The highest BCUT2D eigenvalue weighted by atomic mass is 16.5. The third-order valence-electron chi connectivity index (χ3n) is 4.26. The second-order valence-corrected chi connectivity index (χ2v) is 6.76. The van der Waals surface area contributed by atoms with E-state index >= 15 is 0 Å². The molecule has 0 fully saturated rings. The highest BCUT2D eigenvalue weighted by Gasteiger charge is 2.14. The number of unbranched alkanes of at least 4 members (excludes halogenated alkanes) is 11. The maximum Gasteiger partial charge on any atom is 0.222 e. The van der Waals surface area contributed by atoms with Crippen molar-refractivity contribution >= 4 is 5.91 Å². The number of nitrogens with one attached hydrogen (secondary N) is 1. The quantitative estimate of drug-likeness (QED) is 0.181. The summed E-state index contributed by atoms with van der Waals surface area (Å²) in [6, 6.07) is 0. The van der Waals surface area contributed by atoms with Crippen molar-refractivity contribution in [1.29, 1.82) is 0 Å². The zero-order valence-electron chi connectivity index (χ0n) is 16.0. The van der Waals surface area contributed by atoms with Crippen LogP contribution in [0.4, 0.5) is 0 Å². The normalized spacial score (nSPS) is 12.8. The van der Waals surface area contributed by atoms with Crippen molar-refractivity contribution in [3.63, 3.8) is 0 Å². The van der Waals surface area contributed by atoms with Crippen LogP contribution < -0.4 is 5.32 Å². The highest BCUT2D eigenvalue weighted by molar-refractivity contribution is 5.75. The predicted octanol–water partition coefficient (Wildman–Crippen LogP) is 3.77. The van der Waals surface area contributed by atoms with Crippen LogP contribution in [0.15, 0.2) is 12.2 Å². The Labute approximate surface area is 153 Å². The zero-order chi connectivity index (χ0) is 18.8. The van der Waals surface area contributed by atoms with Gasteiger partial charge in [0.1, 0.15) is 0 Å². The second kappa shape index (κ2) is 17.9. The van der Waals surface area contributed by atoms with E-state index in [2.05, 4.69) is 24.4 Å². The molecule has 0 heterocycles. The summed E-state index contributed by atoms with van der Waals surface area (Å²) in [5.41, 5.74) is 0. The standard InChI is InChI=1S/C20H39NO4/c1-2-3-4-5-6-7-8-9-10-11-12-13-14-15-16-17-18(22)21-19(23)20(24)25/h9-10,19-20,23-25H,2-8,11-17H2,1H3,(H,21,22). The SMILES string of the molecule is CCCCCCCCC=CCCCCCCCC(=O)NC(O)C(O)O. The van der Waals surface area contributed by atoms with Gasteiger partial charge in [-0.1, -0.05) is 70.4 Å². The van der Waals surface area contributed by atoms with Crippen LogP contribution in [-0.2, 0) is 4.79 Å². The number of allylic oxidation sites excluding steroid dienone is 2.